The zero-order chi connectivity index (χ0) is 16.7. The van der Waals surface area contributed by atoms with Gasteiger partial charge in [-0.15, -0.1) is 0 Å². The fourth-order valence-electron chi connectivity index (χ4n) is 2.36. The first kappa shape index (κ1) is 17.6. The number of para-hydroxylation sites is 1. The summed E-state index contributed by atoms with van der Waals surface area (Å²) < 4.78 is 28.9. The lowest BCUT2D eigenvalue weighted by atomic mass is 10.1. The van der Waals surface area contributed by atoms with Crippen molar-refractivity contribution in [3.63, 3.8) is 0 Å². The molecule has 0 bridgehead atoms. The molecule has 6 nitrogen and oxygen atoms in total. The molecule has 1 aliphatic rings. The molecule has 1 heterocycles. The standard InChI is InChI=1S/C16H25N3O3S/c1-3-17-16(18-9-10-23(20,21)4-2)19-12-14-11-13-7-5-6-8-15(13)22-14/h5-8,14H,3-4,9-12H2,1-2H3,(H2,17,18,19). The van der Waals surface area contributed by atoms with Gasteiger partial charge in [0.2, 0.25) is 0 Å². The van der Waals surface area contributed by atoms with Crippen LogP contribution in [0, 0.1) is 0 Å². The molecule has 0 amide bonds. The quantitative estimate of drug-likeness (QED) is 0.572. The second kappa shape index (κ2) is 8.19. The van der Waals surface area contributed by atoms with E-state index in [0.29, 0.717) is 19.0 Å². The topological polar surface area (TPSA) is 79.8 Å². The molecule has 0 saturated heterocycles. The highest BCUT2D eigenvalue weighted by Crippen LogP contribution is 2.28. The predicted molar refractivity (Wildman–Crippen MR) is 92.9 cm³/mol. The van der Waals surface area contributed by atoms with Gasteiger partial charge in [-0.05, 0) is 18.6 Å². The van der Waals surface area contributed by atoms with Crippen LogP contribution in [0.3, 0.4) is 0 Å². The van der Waals surface area contributed by atoms with E-state index in [4.69, 9.17) is 4.74 Å². The third kappa shape index (κ3) is 5.42. The van der Waals surface area contributed by atoms with Crippen LogP contribution in [0.4, 0.5) is 0 Å². The SMILES string of the molecule is CCNC(=NCC1Cc2ccccc2O1)NCCS(=O)(=O)CC. The lowest BCUT2D eigenvalue weighted by Crippen LogP contribution is -2.40. The molecular weight excluding hydrogens is 314 g/mol. The molecule has 2 N–H and O–H groups in total. The van der Waals surface area contributed by atoms with E-state index in [-0.39, 0.29) is 17.6 Å². The van der Waals surface area contributed by atoms with E-state index in [9.17, 15) is 8.42 Å². The van der Waals surface area contributed by atoms with Crippen molar-refractivity contribution in [2.24, 2.45) is 4.99 Å². The van der Waals surface area contributed by atoms with Gasteiger partial charge in [0.25, 0.3) is 0 Å². The average molecular weight is 339 g/mol. The van der Waals surface area contributed by atoms with E-state index < -0.39 is 9.84 Å². The van der Waals surface area contributed by atoms with E-state index in [2.05, 4.69) is 21.7 Å². The summed E-state index contributed by atoms with van der Waals surface area (Å²) in [5.41, 5.74) is 1.21. The van der Waals surface area contributed by atoms with E-state index in [1.54, 1.807) is 6.92 Å². The Morgan fingerprint density at radius 2 is 2.09 bits per heavy atom. The molecule has 1 aliphatic heterocycles. The average Bonchev–Trinajstić information content (AvgIpc) is 2.95. The number of ether oxygens (including phenoxy) is 1. The summed E-state index contributed by atoms with van der Waals surface area (Å²) in [4.78, 5) is 4.50. The maximum Gasteiger partial charge on any atom is 0.191 e. The van der Waals surface area contributed by atoms with Gasteiger partial charge in [-0.25, -0.2) is 13.4 Å². The van der Waals surface area contributed by atoms with E-state index in [0.717, 1.165) is 18.7 Å². The summed E-state index contributed by atoms with van der Waals surface area (Å²) in [5.74, 6) is 1.83. The largest absolute Gasteiger partial charge is 0.488 e. The number of nitrogens with one attached hydrogen (secondary N) is 2. The van der Waals surface area contributed by atoms with Gasteiger partial charge in [-0.1, -0.05) is 25.1 Å². The van der Waals surface area contributed by atoms with Crippen molar-refractivity contribution in [1.82, 2.24) is 10.6 Å². The van der Waals surface area contributed by atoms with Gasteiger partial charge in [0.05, 0.1) is 12.3 Å². The van der Waals surface area contributed by atoms with Crippen LogP contribution in [0.25, 0.3) is 0 Å². The lowest BCUT2D eigenvalue weighted by molar-refractivity contribution is 0.241. The molecule has 128 valence electrons. The van der Waals surface area contributed by atoms with Gasteiger partial charge >= 0.3 is 0 Å². The Morgan fingerprint density at radius 3 is 2.78 bits per heavy atom. The fraction of sp³-hybridized carbons (Fsp3) is 0.562. The highest BCUT2D eigenvalue weighted by molar-refractivity contribution is 7.91. The summed E-state index contributed by atoms with van der Waals surface area (Å²) in [7, 11) is -2.97. The number of sulfone groups is 1. The Labute approximate surface area is 138 Å². The van der Waals surface area contributed by atoms with Gasteiger partial charge in [0.1, 0.15) is 11.9 Å². The van der Waals surface area contributed by atoms with Crippen molar-refractivity contribution in [3.05, 3.63) is 29.8 Å². The number of guanidine groups is 1. The maximum absolute atomic E-state index is 11.5. The third-order valence-electron chi connectivity index (χ3n) is 3.66. The zero-order valence-corrected chi connectivity index (χ0v) is 14.5. The molecule has 23 heavy (non-hydrogen) atoms. The van der Waals surface area contributed by atoms with Crippen LogP contribution in [0.2, 0.25) is 0 Å². The molecule has 2 rings (SSSR count). The molecule has 7 heteroatoms. The van der Waals surface area contributed by atoms with Gasteiger partial charge in [-0.2, -0.15) is 0 Å². The molecule has 0 radical (unpaired) electrons. The van der Waals surface area contributed by atoms with Crippen LogP contribution in [0.15, 0.2) is 29.3 Å². The predicted octanol–water partition coefficient (Wildman–Crippen LogP) is 0.980. The number of hydrogen-bond donors (Lipinski definition) is 2. The highest BCUT2D eigenvalue weighted by atomic mass is 32.2. The van der Waals surface area contributed by atoms with Crippen LogP contribution in [-0.2, 0) is 16.3 Å². The molecule has 0 aliphatic carbocycles. The Hall–Kier alpha value is -1.76. The van der Waals surface area contributed by atoms with Crippen molar-refractivity contribution in [1.29, 1.82) is 0 Å². The minimum absolute atomic E-state index is 0.0298. The molecule has 0 spiro atoms. The van der Waals surface area contributed by atoms with Gasteiger partial charge in [0, 0.05) is 25.3 Å². The number of aliphatic imine (C=N–C) groups is 1. The molecule has 0 saturated carbocycles. The summed E-state index contributed by atoms with van der Waals surface area (Å²) in [5, 5.41) is 6.18. The fourth-order valence-corrected chi connectivity index (χ4v) is 3.06. The molecule has 0 aromatic heterocycles. The van der Waals surface area contributed by atoms with Crippen LogP contribution in [0.5, 0.6) is 5.75 Å². The highest BCUT2D eigenvalue weighted by Gasteiger charge is 2.21. The van der Waals surface area contributed by atoms with Crippen molar-refractivity contribution in [3.8, 4) is 5.75 Å². The van der Waals surface area contributed by atoms with E-state index >= 15 is 0 Å². The van der Waals surface area contributed by atoms with E-state index in [1.165, 1.54) is 5.56 Å². The minimum atomic E-state index is -2.97. The molecule has 1 unspecified atom stereocenters. The van der Waals surface area contributed by atoms with Crippen LogP contribution >= 0.6 is 0 Å². The first-order valence-electron chi connectivity index (χ1n) is 8.01. The van der Waals surface area contributed by atoms with E-state index in [1.807, 2.05) is 25.1 Å². The number of benzene rings is 1. The molecule has 1 aromatic carbocycles. The summed E-state index contributed by atoms with van der Waals surface area (Å²) in [6.07, 6.45) is 0.880. The number of hydrogen-bond acceptors (Lipinski definition) is 4. The molecule has 1 aromatic rings. The number of fused-ring (bicyclic) bond motifs is 1. The van der Waals surface area contributed by atoms with Gasteiger partial charge < -0.3 is 15.4 Å². The van der Waals surface area contributed by atoms with Crippen molar-refractivity contribution in [2.45, 2.75) is 26.4 Å². The molecular formula is C16H25N3O3S. The van der Waals surface area contributed by atoms with Crippen LogP contribution < -0.4 is 15.4 Å². The number of nitrogens with zero attached hydrogens (tertiary/aromatic N) is 1. The first-order valence-corrected chi connectivity index (χ1v) is 9.83. The monoisotopic (exact) mass is 339 g/mol. The first-order chi connectivity index (χ1) is 11.0. The molecule has 0 fully saturated rings. The van der Waals surface area contributed by atoms with Gasteiger partial charge in [-0.3, -0.25) is 0 Å². The Kier molecular flexibility index (Phi) is 6.27. The summed E-state index contributed by atoms with van der Waals surface area (Å²) in [6.45, 7) is 5.24. The zero-order valence-electron chi connectivity index (χ0n) is 13.7. The van der Waals surface area contributed by atoms with Crippen LogP contribution in [-0.4, -0.2) is 51.6 Å². The Morgan fingerprint density at radius 1 is 1.30 bits per heavy atom. The third-order valence-corrected chi connectivity index (χ3v) is 5.36. The number of rotatable bonds is 7. The van der Waals surface area contributed by atoms with Crippen molar-refractivity contribution < 1.29 is 13.2 Å². The Balaban J connectivity index is 1.85. The smallest absolute Gasteiger partial charge is 0.191 e. The second-order valence-electron chi connectivity index (χ2n) is 5.43. The summed E-state index contributed by atoms with van der Waals surface area (Å²) in [6, 6.07) is 8.01. The van der Waals surface area contributed by atoms with Gasteiger partial charge in [0.15, 0.2) is 15.8 Å². The normalized spacial score (nSPS) is 17.5. The Bertz CT molecular complexity index is 619. The second-order valence-corrected chi connectivity index (χ2v) is 7.91. The maximum atomic E-state index is 11.5. The van der Waals surface area contributed by atoms with Crippen molar-refractivity contribution >= 4 is 15.8 Å². The van der Waals surface area contributed by atoms with Crippen molar-refractivity contribution in [2.75, 3.05) is 31.1 Å². The van der Waals surface area contributed by atoms with Crippen LogP contribution in [0.1, 0.15) is 19.4 Å². The molecule has 1 atom stereocenters. The lowest BCUT2D eigenvalue weighted by Gasteiger charge is -2.13. The summed E-state index contributed by atoms with van der Waals surface area (Å²) >= 11 is 0. The minimum Gasteiger partial charge on any atom is -0.488 e.